The lowest BCUT2D eigenvalue weighted by Crippen LogP contribution is -2.61. The molecule has 246 valence electrons. The molecule has 1 aromatic heterocycles. The molecule has 1 spiro atoms. The highest BCUT2D eigenvalue weighted by atomic mass is 19.1. The molecule has 0 radical (unpaired) electrons. The normalized spacial score (nSPS) is 21.0. The molecule has 0 aliphatic carbocycles. The largest absolute Gasteiger partial charge is 0.444 e. The van der Waals surface area contributed by atoms with Gasteiger partial charge in [-0.25, -0.2) is 9.18 Å². The zero-order valence-corrected chi connectivity index (χ0v) is 27.4. The lowest BCUT2D eigenvalue weighted by atomic mass is 9.69. The number of aromatic nitrogens is 1. The molecule has 3 heterocycles. The Morgan fingerprint density at radius 2 is 1.78 bits per heavy atom. The van der Waals surface area contributed by atoms with Crippen LogP contribution in [0.25, 0.3) is 10.9 Å². The number of piperidine rings is 1. The molecule has 3 N–H and O–H groups in total. The number of likely N-dealkylation sites (N-methyl/N-ethyl adjacent to an activating group) is 1. The van der Waals surface area contributed by atoms with Gasteiger partial charge in [0, 0.05) is 56.1 Å². The van der Waals surface area contributed by atoms with E-state index in [1.807, 2.05) is 30.5 Å². The smallest absolute Gasteiger partial charge is 0.408 e. The van der Waals surface area contributed by atoms with E-state index < -0.39 is 34.6 Å². The van der Waals surface area contributed by atoms with Gasteiger partial charge in [-0.15, -0.1) is 0 Å². The van der Waals surface area contributed by atoms with Gasteiger partial charge in [-0.3, -0.25) is 14.4 Å². The zero-order valence-electron chi connectivity index (χ0n) is 27.4. The van der Waals surface area contributed by atoms with Gasteiger partial charge in [-0.1, -0.05) is 30.3 Å². The number of carbonyl (C=O) groups excluding carboxylic acids is 4. The van der Waals surface area contributed by atoms with E-state index in [4.69, 9.17) is 4.74 Å². The van der Waals surface area contributed by atoms with E-state index in [1.165, 1.54) is 12.1 Å². The molecule has 10 nitrogen and oxygen atoms in total. The number of nitrogens with zero attached hydrogens (tertiary/aromatic N) is 2. The van der Waals surface area contributed by atoms with Crippen LogP contribution in [0.2, 0.25) is 0 Å². The molecule has 3 atom stereocenters. The summed E-state index contributed by atoms with van der Waals surface area (Å²) in [6, 6.07) is 13.0. The number of likely N-dealkylation sites (tertiary alicyclic amines) is 2. The molecule has 3 aromatic rings. The molecule has 2 aliphatic heterocycles. The number of amides is 4. The Morgan fingerprint density at radius 3 is 2.48 bits per heavy atom. The van der Waals surface area contributed by atoms with Crippen LogP contribution in [0.1, 0.15) is 64.5 Å². The third-order valence-corrected chi connectivity index (χ3v) is 9.09. The number of halogens is 1. The van der Waals surface area contributed by atoms with Crippen molar-refractivity contribution >= 4 is 34.7 Å². The summed E-state index contributed by atoms with van der Waals surface area (Å²) in [7, 11) is 1.76. The second-order valence-corrected chi connectivity index (χ2v) is 14.2. The molecule has 5 rings (SSSR count). The first-order chi connectivity index (χ1) is 21.6. The predicted octanol–water partition coefficient (Wildman–Crippen LogP) is 4.50. The van der Waals surface area contributed by atoms with Crippen LogP contribution in [0.5, 0.6) is 0 Å². The monoisotopic (exact) mass is 633 g/mol. The summed E-state index contributed by atoms with van der Waals surface area (Å²) < 4.78 is 19.2. The van der Waals surface area contributed by atoms with Crippen LogP contribution in [-0.2, 0) is 25.5 Å². The summed E-state index contributed by atoms with van der Waals surface area (Å²) in [5, 5.41) is 6.47. The summed E-state index contributed by atoms with van der Waals surface area (Å²) in [5.41, 5.74) is -0.422. The van der Waals surface area contributed by atoms with Crippen molar-refractivity contribution in [2.75, 3.05) is 26.7 Å². The van der Waals surface area contributed by atoms with E-state index in [0.29, 0.717) is 25.9 Å². The molecule has 2 fully saturated rings. The van der Waals surface area contributed by atoms with Crippen LogP contribution in [0, 0.1) is 11.2 Å². The molecule has 2 aliphatic rings. The molecule has 11 heteroatoms. The minimum absolute atomic E-state index is 0.0424. The van der Waals surface area contributed by atoms with Gasteiger partial charge in [-0.2, -0.15) is 0 Å². The lowest BCUT2D eigenvalue weighted by Gasteiger charge is -2.43. The van der Waals surface area contributed by atoms with Crippen molar-refractivity contribution in [3.05, 3.63) is 71.7 Å². The number of rotatable bonds is 7. The first kappa shape index (κ1) is 33.0. The van der Waals surface area contributed by atoms with Crippen LogP contribution >= 0.6 is 0 Å². The Labute approximate surface area is 269 Å². The molecular formula is C35H44FN5O5. The van der Waals surface area contributed by atoms with Crippen molar-refractivity contribution in [3.63, 3.8) is 0 Å². The van der Waals surface area contributed by atoms with E-state index in [-0.39, 0.29) is 36.5 Å². The molecule has 2 unspecified atom stereocenters. The maximum absolute atomic E-state index is 14.5. The fraction of sp³-hybridized carbons (Fsp3) is 0.486. The number of carbonyl (C=O) groups is 4. The maximum Gasteiger partial charge on any atom is 0.408 e. The van der Waals surface area contributed by atoms with Gasteiger partial charge in [0.15, 0.2) is 0 Å². The van der Waals surface area contributed by atoms with E-state index in [2.05, 4.69) is 15.6 Å². The number of nitrogens with one attached hydrogen (secondary N) is 3. The van der Waals surface area contributed by atoms with Crippen LogP contribution in [0.15, 0.2) is 54.7 Å². The van der Waals surface area contributed by atoms with Crippen molar-refractivity contribution < 1.29 is 28.3 Å². The van der Waals surface area contributed by atoms with Gasteiger partial charge in [0.2, 0.25) is 17.7 Å². The maximum atomic E-state index is 14.5. The second kappa shape index (κ2) is 12.4. The molecule has 46 heavy (non-hydrogen) atoms. The Kier molecular flexibility index (Phi) is 8.90. The van der Waals surface area contributed by atoms with Gasteiger partial charge in [-0.05, 0) is 76.8 Å². The van der Waals surface area contributed by atoms with Crippen LogP contribution in [0.3, 0.4) is 0 Å². The van der Waals surface area contributed by atoms with Crippen molar-refractivity contribution in [3.8, 4) is 0 Å². The van der Waals surface area contributed by atoms with E-state index in [0.717, 1.165) is 22.0 Å². The minimum Gasteiger partial charge on any atom is -0.444 e. The second-order valence-electron chi connectivity index (χ2n) is 14.2. The van der Waals surface area contributed by atoms with Crippen molar-refractivity contribution in [1.29, 1.82) is 0 Å². The van der Waals surface area contributed by atoms with E-state index in [1.54, 1.807) is 63.6 Å². The Hall–Kier alpha value is -4.41. The van der Waals surface area contributed by atoms with Crippen molar-refractivity contribution in [2.24, 2.45) is 5.41 Å². The topological polar surface area (TPSA) is 124 Å². The number of fused-ring (bicyclic) bond motifs is 1. The number of aromatic amines is 1. The first-order valence-electron chi connectivity index (χ1n) is 15.8. The van der Waals surface area contributed by atoms with Crippen molar-refractivity contribution in [1.82, 2.24) is 25.4 Å². The number of para-hydroxylation sites is 1. The number of alkyl carbamates (subject to hydrolysis) is 1. The third-order valence-electron chi connectivity index (χ3n) is 9.09. The molecule has 2 aromatic carbocycles. The number of hydrogen-bond acceptors (Lipinski definition) is 5. The van der Waals surface area contributed by atoms with Gasteiger partial charge in [0.05, 0.1) is 5.41 Å². The number of H-pyrrole nitrogens is 1. The molecule has 0 bridgehead atoms. The molecule has 0 saturated carbocycles. The first-order valence-corrected chi connectivity index (χ1v) is 15.8. The SMILES string of the molecule is CN1CC(c2ccc(F)cc2)C2(CCCN(C(=O)[C@@H](Cc3c[nH]c4ccccc34)NC(=O)C(C)(C)NC(=O)OC(C)(C)C)C2)C1=O. The summed E-state index contributed by atoms with van der Waals surface area (Å²) in [5.74, 6) is -1.48. The van der Waals surface area contributed by atoms with Crippen LogP contribution in [0.4, 0.5) is 9.18 Å². The average Bonchev–Trinajstić information content (AvgIpc) is 3.50. The summed E-state index contributed by atoms with van der Waals surface area (Å²) >= 11 is 0. The Balaban J connectivity index is 1.43. The standard InChI is InChI=1S/C35H44FN5O5/c1-33(2,3)46-32(45)39-34(4,5)30(43)38-28(18-23-19-37-27-11-8-7-10-25(23)27)29(42)41-17-9-16-35(21-41)26(20-40(6)31(35)44)22-12-14-24(36)15-13-22/h7-8,10-15,19,26,28,37H,9,16-18,20-21H2,1-6H3,(H,38,43)(H,39,45)/t26?,28-,35?/m1/s1. The highest BCUT2D eigenvalue weighted by Crippen LogP contribution is 2.49. The quantitative estimate of drug-likeness (QED) is 0.354. The van der Waals surface area contributed by atoms with Crippen LogP contribution in [-0.4, -0.2) is 82.5 Å². The Bertz CT molecular complexity index is 1630. The minimum atomic E-state index is -1.40. The summed E-state index contributed by atoms with van der Waals surface area (Å²) in [4.78, 5) is 61.1. The Morgan fingerprint density at radius 1 is 1.09 bits per heavy atom. The van der Waals surface area contributed by atoms with Gasteiger partial charge >= 0.3 is 6.09 Å². The lowest BCUT2D eigenvalue weighted by molar-refractivity contribution is -0.146. The number of benzene rings is 2. The highest BCUT2D eigenvalue weighted by molar-refractivity contribution is 5.95. The van der Waals surface area contributed by atoms with Gasteiger partial charge in [0.1, 0.15) is 23.0 Å². The number of ether oxygens (including phenoxy) is 1. The fourth-order valence-corrected chi connectivity index (χ4v) is 6.81. The summed E-state index contributed by atoms with van der Waals surface area (Å²) in [6.45, 7) is 9.36. The number of hydrogen-bond donors (Lipinski definition) is 3. The summed E-state index contributed by atoms with van der Waals surface area (Å²) in [6.07, 6.45) is 2.46. The van der Waals surface area contributed by atoms with E-state index in [9.17, 15) is 23.6 Å². The third kappa shape index (κ3) is 6.73. The zero-order chi connectivity index (χ0) is 33.4. The van der Waals surface area contributed by atoms with Gasteiger partial charge < -0.3 is 30.2 Å². The highest BCUT2D eigenvalue weighted by Gasteiger charge is 2.56. The molecule has 4 amide bonds. The van der Waals surface area contributed by atoms with E-state index >= 15 is 0 Å². The van der Waals surface area contributed by atoms with Crippen LogP contribution < -0.4 is 10.6 Å². The molecular weight excluding hydrogens is 589 g/mol. The predicted molar refractivity (Wildman–Crippen MR) is 172 cm³/mol. The molecule has 2 saturated heterocycles. The average molecular weight is 634 g/mol. The van der Waals surface area contributed by atoms with Crippen molar-refractivity contribution in [2.45, 2.75) is 77.0 Å². The van der Waals surface area contributed by atoms with Gasteiger partial charge in [0.25, 0.3) is 0 Å². The fourth-order valence-electron chi connectivity index (χ4n) is 6.81.